The van der Waals surface area contributed by atoms with Gasteiger partial charge in [-0.15, -0.1) is 0 Å². The molecule has 0 atom stereocenters. The summed E-state index contributed by atoms with van der Waals surface area (Å²) in [4.78, 5) is 10.2. The van der Waals surface area contributed by atoms with Crippen molar-refractivity contribution in [2.75, 3.05) is 0 Å². The maximum absolute atomic E-state index is 10.2. The minimum atomic E-state index is -0.843. The van der Waals surface area contributed by atoms with E-state index in [0.717, 1.165) is 5.56 Å². The molecule has 0 aliphatic rings. The van der Waals surface area contributed by atoms with Gasteiger partial charge >= 0.3 is 5.97 Å². The molecular formula is C11H10O3. The summed E-state index contributed by atoms with van der Waals surface area (Å²) in [5, 5.41) is 17.3. The third kappa shape index (κ3) is 3.63. The molecule has 0 fully saturated rings. The molecule has 0 spiro atoms. The molecule has 1 aromatic carbocycles. The Balaban J connectivity index is 2.51. The fourth-order valence-corrected chi connectivity index (χ4v) is 0.879. The minimum absolute atomic E-state index is 0.0606. The Morgan fingerprint density at radius 2 is 1.93 bits per heavy atom. The van der Waals surface area contributed by atoms with E-state index in [1.165, 1.54) is 0 Å². The van der Waals surface area contributed by atoms with Gasteiger partial charge in [0.05, 0.1) is 6.42 Å². The highest BCUT2D eigenvalue weighted by atomic mass is 16.4. The molecule has 0 saturated heterocycles. The topological polar surface area (TPSA) is 57.5 Å². The summed E-state index contributed by atoms with van der Waals surface area (Å²) in [5.41, 5.74) is 0.771. The average molecular weight is 190 g/mol. The van der Waals surface area contributed by atoms with Crippen LogP contribution >= 0.6 is 0 Å². The molecule has 1 rings (SSSR count). The first-order chi connectivity index (χ1) is 6.68. The molecule has 3 nitrogen and oxygen atoms in total. The van der Waals surface area contributed by atoms with Crippen molar-refractivity contribution in [3.8, 4) is 17.6 Å². The summed E-state index contributed by atoms with van der Waals surface area (Å²) in [6, 6.07) is 6.45. The molecule has 0 aliphatic carbocycles. The molecule has 72 valence electrons. The maximum atomic E-state index is 10.2. The Bertz CT molecular complexity index is 368. The van der Waals surface area contributed by atoms with Crippen LogP contribution in [-0.4, -0.2) is 16.2 Å². The maximum Gasteiger partial charge on any atom is 0.304 e. The van der Waals surface area contributed by atoms with Crippen LogP contribution in [0.2, 0.25) is 0 Å². The Morgan fingerprint density at radius 3 is 2.50 bits per heavy atom. The summed E-state index contributed by atoms with van der Waals surface area (Å²) in [6.45, 7) is 0. The fraction of sp³-hybridized carbons (Fsp3) is 0.182. The van der Waals surface area contributed by atoms with Crippen LogP contribution in [-0.2, 0) is 4.79 Å². The van der Waals surface area contributed by atoms with Crippen LogP contribution in [0.5, 0.6) is 5.75 Å². The van der Waals surface area contributed by atoms with Crippen molar-refractivity contribution in [1.29, 1.82) is 0 Å². The Labute approximate surface area is 82.0 Å². The zero-order valence-corrected chi connectivity index (χ0v) is 7.53. The lowest BCUT2D eigenvalue weighted by Crippen LogP contribution is -1.91. The summed E-state index contributed by atoms with van der Waals surface area (Å²) in [7, 11) is 0. The van der Waals surface area contributed by atoms with Gasteiger partial charge < -0.3 is 10.2 Å². The van der Waals surface area contributed by atoms with Crippen LogP contribution in [0.3, 0.4) is 0 Å². The Kier molecular flexibility index (Phi) is 3.57. The highest BCUT2D eigenvalue weighted by Gasteiger charge is 1.91. The molecule has 0 bridgehead atoms. The van der Waals surface area contributed by atoms with E-state index in [0.29, 0.717) is 6.42 Å². The van der Waals surface area contributed by atoms with Gasteiger partial charge in [0.1, 0.15) is 5.75 Å². The molecule has 0 unspecified atom stereocenters. The molecule has 2 N–H and O–H groups in total. The predicted octanol–water partition coefficient (Wildman–Crippen LogP) is 1.61. The number of benzene rings is 1. The van der Waals surface area contributed by atoms with Crippen molar-refractivity contribution >= 4 is 5.97 Å². The van der Waals surface area contributed by atoms with Gasteiger partial charge in [0.2, 0.25) is 0 Å². The normalized spacial score (nSPS) is 8.86. The second-order valence-corrected chi connectivity index (χ2v) is 2.74. The Morgan fingerprint density at radius 1 is 1.29 bits per heavy atom. The van der Waals surface area contributed by atoms with Gasteiger partial charge in [-0.3, -0.25) is 4.79 Å². The van der Waals surface area contributed by atoms with E-state index in [2.05, 4.69) is 11.8 Å². The van der Waals surface area contributed by atoms with E-state index in [4.69, 9.17) is 10.2 Å². The van der Waals surface area contributed by atoms with E-state index in [9.17, 15) is 4.79 Å². The minimum Gasteiger partial charge on any atom is -0.508 e. The third-order valence-corrected chi connectivity index (χ3v) is 1.56. The molecule has 0 radical (unpaired) electrons. The highest BCUT2D eigenvalue weighted by Crippen LogP contribution is 2.08. The van der Waals surface area contributed by atoms with Crippen LogP contribution in [0.25, 0.3) is 0 Å². The number of carbonyl (C=O) groups is 1. The third-order valence-electron chi connectivity index (χ3n) is 1.56. The second kappa shape index (κ2) is 4.93. The lowest BCUT2D eigenvalue weighted by Gasteiger charge is -1.90. The van der Waals surface area contributed by atoms with Gasteiger partial charge in [0.15, 0.2) is 0 Å². The predicted molar refractivity (Wildman–Crippen MR) is 51.9 cm³/mol. The molecule has 0 amide bonds. The van der Waals surface area contributed by atoms with Crippen LogP contribution in [0, 0.1) is 11.8 Å². The lowest BCUT2D eigenvalue weighted by atomic mass is 10.2. The number of aromatic hydroxyl groups is 1. The number of hydrogen-bond acceptors (Lipinski definition) is 2. The molecule has 0 heterocycles. The van der Waals surface area contributed by atoms with E-state index in [-0.39, 0.29) is 12.2 Å². The van der Waals surface area contributed by atoms with E-state index in [1.54, 1.807) is 24.3 Å². The first-order valence-corrected chi connectivity index (χ1v) is 4.18. The highest BCUT2D eigenvalue weighted by molar-refractivity contribution is 5.67. The second-order valence-electron chi connectivity index (χ2n) is 2.74. The number of rotatable bonds is 2. The zero-order chi connectivity index (χ0) is 10.4. The molecule has 1 aromatic rings. The number of aliphatic carboxylic acids is 1. The molecule has 0 aromatic heterocycles. The average Bonchev–Trinajstić information content (AvgIpc) is 2.15. The van der Waals surface area contributed by atoms with Crippen molar-refractivity contribution in [2.24, 2.45) is 0 Å². The van der Waals surface area contributed by atoms with E-state index >= 15 is 0 Å². The molecule has 0 saturated carbocycles. The van der Waals surface area contributed by atoms with E-state index in [1.807, 2.05) is 0 Å². The van der Waals surface area contributed by atoms with Crippen molar-refractivity contribution in [3.63, 3.8) is 0 Å². The zero-order valence-electron chi connectivity index (χ0n) is 7.53. The smallest absolute Gasteiger partial charge is 0.304 e. The first-order valence-electron chi connectivity index (χ1n) is 4.18. The number of hydrogen-bond donors (Lipinski definition) is 2. The summed E-state index contributed by atoms with van der Waals surface area (Å²) in [5.74, 6) is 4.90. The van der Waals surface area contributed by atoms with Crippen LogP contribution in [0.4, 0.5) is 0 Å². The van der Waals surface area contributed by atoms with Crippen molar-refractivity contribution < 1.29 is 15.0 Å². The molecule has 3 heteroatoms. The largest absolute Gasteiger partial charge is 0.508 e. The molecule has 14 heavy (non-hydrogen) atoms. The van der Waals surface area contributed by atoms with E-state index < -0.39 is 5.97 Å². The van der Waals surface area contributed by atoms with Crippen molar-refractivity contribution in [1.82, 2.24) is 0 Å². The summed E-state index contributed by atoms with van der Waals surface area (Å²) < 4.78 is 0. The van der Waals surface area contributed by atoms with Crippen LogP contribution in [0.15, 0.2) is 24.3 Å². The lowest BCUT2D eigenvalue weighted by molar-refractivity contribution is -0.136. The molecule has 0 aliphatic heterocycles. The van der Waals surface area contributed by atoms with Crippen molar-refractivity contribution in [3.05, 3.63) is 29.8 Å². The Hall–Kier alpha value is -1.95. The number of phenols is 1. The standard InChI is InChI=1S/C11H10O3/c12-10-7-5-9(6-8-10)3-1-2-4-11(13)14/h5-8,12H,2,4H2,(H,13,14). The van der Waals surface area contributed by atoms with Gasteiger partial charge in [-0.1, -0.05) is 11.8 Å². The number of carboxylic acids is 1. The SMILES string of the molecule is O=C(O)CCC#Cc1ccc(O)cc1. The van der Waals surface area contributed by atoms with Gasteiger partial charge in [0.25, 0.3) is 0 Å². The van der Waals surface area contributed by atoms with Gasteiger partial charge in [-0.25, -0.2) is 0 Å². The molecular weight excluding hydrogens is 180 g/mol. The van der Waals surface area contributed by atoms with Gasteiger partial charge in [-0.05, 0) is 24.3 Å². The van der Waals surface area contributed by atoms with Crippen molar-refractivity contribution in [2.45, 2.75) is 12.8 Å². The first kappa shape index (κ1) is 10.1. The van der Waals surface area contributed by atoms with Crippen LogP contribution < -0.4 is 0 Å². The number of phenolic OH excluding ortho intramolecular Hbond substituents is 1. The van der Waals surface area contributed by atoms with Crippen LogP contribution in [0.1, 0.15) is 18.4 Å². The van der Waals surface area contributed by atoms with Gasteiger partial charge in [-0.2, -0.15) is 0 Å². The quantitative estimate of drug-likeness (QED) is 0.696. The summed E-state index contributed by atoms with van der Waals surface area (Å²) in [6.07, 6.45) is 0.404. The number of carboxylic acid groups (broad SMARTS) is 1. The monoisotopic (exact) mass is 190 g/mol. The summed E-state index contributed by atoms with van der Waals surface area (Å²) >= 11 is 0. The fourth-order valence-electron chi connectivity index (χ4n) is 0.879. The van der Waals surface area contributed by atoms with Gasteiger partial charge in [0, 0.05) is 12.0 Å².